The number of nitrogens with one attached hydrogen (secondary N) is 2. The molecule has 0 fully saturated rings. The molecular formula is C18H19N5O2. The number of anilines is 1. The normalized spacial score (nSPS) is 11.7. The number of carbonyl (C=O) groups excluding carboxylic acids is 1. The van der Waals surface area contributed by atoms with E-state index in [9.17, 15) is 9.90 Å². The Bertz CT molecular complexity index is 788. The monoisotopic (exact) mass is 337 g/mol. The van der Waals surface area contributed by atoms with Crippen LogP contribution in [0.5, 0.6) is 0 Å². The molecule has 0 spiro atoms. The van der Waals surface area contributed by atoms with Crippen molar-refractivity contribution in [2.24, 2.45) is 0 Å². The molecule has 3 aromatic rings. The second kappa shape index (κ2) is 8.07. The molecule has 25 heavy (non-hydrogen) atoms. The van der Waals surface area contributed by atoms with Gasteiger partial charge in [0.05, 0.1) is 30.7 Å². The Labute approximate surface area is 145 Å². The molecule has 0 radical (unpaired) electrons. The zero-order valence-electron chi connectivity index (χ0n) is 13.5. The predicted molar refractivity (Wildman–Crippen MR) is 94.5 cm³/mol. The van der Waals surface area contributed by atoms with Gasteiger partial charge in [0.1, 0.15) is 0 Å². The van der Waals surface area contributed by atoms with Crippen LogP contribution in [0, 0.1) is 0 Å². The number of benzene rings is 2. The number of hydrogen-bond donors (Lipinski definition) is 3. The lowest BCUT2D eigenvalue weighted by Crippen LogP contribution is -2.41. The first-order valence-electron chi connectivity index (χ1n) is 7.93. The highest BCUT2D eigenvalue weighted by Crippen LogP contribution is 2.12. The summed E-state index contributed by atoms with van der Waals surface area (Å²) in [6.07, 6.45) is 3.76. The van der Waals surface area contributed by atoms with Crippen molar-refractivity contribution in [3.05, 3.63) is 72.6 Å². The number of carbonyl (C=O) groups is 1. The molecule has 7 heteroatoms. The Kier molecular flexibility index (Phi) is 5.38. The van der Waals surface area contributed by atoms with Gasteiger partial charge in [-0.1, -0.05) is 30.3 Å². The molecule has 0 bridgehead atoms. The predicted octanol–water partition coefficient (Wildman–Crippen LogP) is 1.99. The van der Waals surface area contributed by atoms with Crippen molar-refractivity contribution >= 4 is 11.7 Å². The lowest BCUT2D eigenvalue weighted by atomic mass is 10.1. The van der Waals surface area contributed by atoms with E-state index in [1.54, 1.807) is 24.5 Å². The molecule has 7 nitrogen and oxygen atoms in total. The van der Waals surface area contributed by atoms with Crippen LogP contribution in [0.3, 0.4) is 0 Å². The van der Waals surface area contributed by atoms with E-state index in [-0.39, 0.29) is 18.7 Å². The van der Waals surface area contributed by atoms with Crippen LogP contribution in [0.2, 0.25) is 0 Å². The van der Waals surface area contributed by atoms with Gasteiger partial charge in [-0.25, -0.2) is 4.79 Å². The van der Waals surface area contributed by atoms with Gasteiger partial charge in [-0.05, 0) is 36.2 Å². The summed E-state index contributed by atoms with van der Waals surface area (Å²) in [7, 11) is 0. The van der Waals surface area contributed by atoms with E-state index >= 15 is 0 Å². The lowest BCUT2D eigenvalue weighted by molar-refractivity contribution is 0.224. The molecule has 3 N–H and O–H groups in total. The minimum atomic E-state index is -0.361. The molecule has 0 aliphatic heterocycles. The Hall–Kier alpha value is -3.19. The van der Waals surface area contributed by atoms with Gasteiger partial charge in [-0.3, -0.25) is 0 Å². The number of aliphatic hydroxyl groups is 1. The van der Waals surface area contributed by atoms with Crippen LogP contribution in [0.4, 0.5) is 10.5 Å². The van der Waals surface area contributed by atoms with Crippen LogP contribution in [0.15, 0.2) is 67.0 Å². The maximum absolute atomic E-state index is 12.1. The van der Waals surface area contributed by atoms with Crippen molar-refractivity contribution in [3.8, 4) is 5.69 Å². The zero-order chi connectivity index (χ0) is 17.5. The largest absolute Gasteiger partial charge is 0.394 e. The van der Waals surface area contributed by atoms with Crippen LogP contribution in [0.25, 0.3) is 5.69 Å². The Morgan fingerprint density at radius 3 is 2.36 bits per heavy atom. The Morgan fingerprint density at radius 1 is 1.04 bits per heavy atom. The van der Waals surface area contributed by atoms with Crippen molar-refractivity contribution in [1.29, 1.82) is 0 Å². The van der Waals surface area contributed by atoms with E-state index in [1.807, 2.05) is 42.5 Å². The SMILES string of the molecule is O=C(Nc1ccc(-n2nccn2)cc1)N[C@@H](CO)Cc1ccccc1. The van der Waals surface area contributed by atoms with Crippen LogP contribution in [-0.4, -0.2) is 38.8 Å². The van der Waals surface area contributed by atoms with Crippen molar-refractivity contribution < 1.29 is 9.90 Å². The highest BCUT2D eigenvalue weighted by molar-refractivity contribution is 5.89. The molecule has 1 atom stereocenters. The standard InChI is InChI=1S/C18H19N5O2/c24-13-16(12-14-4-2-1-3-5-14)22-18(25)21-15-6-8-17(9-7-15)23-19-10-11-20-23/h1-11,16,24H,12-13H2,(H2,21,22,25)/t16-/m1/s1. The third kappa shape index (κ3) is 4.65. The Balaban J connectivity index is 1.56. The fourth-order valence-electron chi connectivity index (χ4n) is 2.44. The number of amides is 2. The zero-order valence-corrected chi connectivity index (χ0v) is 13.5. The number of rotatable bonds is 6. The molecule has 0 saturated heterocycles. The summed E-state index contributed by atoms with van der Waals surface area (Å²) in [5.74, 6) is 0. The number of nitrogens with zero attached hydrogens (tertiary/aromatic N) is 3. The molecule has 0 saturated carbocycles. The maximum Gasteiger partial charge on any atom is 0.319 e. The average molecular weight is 337 g/mol. The topological polar surface area (TPSA) is 92.1 Å². The summed E-state index contributed by atoms with van der Waals surface area (Å²) in [6, 6.07) is 16.2. The van der Waals surface area contributed by atoms with Gasteiger partial charge in [0.2, 0.25) is 0 Å². The van der Waals surface area contributed by atoms with Crippen LogP contribution < -0.4 is 10.6 Å². The van der Waals surface area contributed by atoms with Crippen LogP contribution in [0.1, 0.15) is 5.56 Å². The van der Waals surface area contributed by atoms with E-state index in [0.29, 0.717) is 12.1 Å². The molecule has 3 rings (SSSR count). The number of aromatic nitrogens is 3. The summed E-state index contributed by atoms with van der Waals surface area (Å²) in [5, 5.41) is 23.1. The molecule has 1 aromatic heterocycles. The molecular weight excluding hydrogens is 318 g/mol. The van der Waals surface area contributed by atoms with E-state index in [4.69, 9.17) is 0 Å². The van der Waals surface area contributed by atoms with E-state index < -0.39 is 0 Å². The second-order valence-corrected chi connectivity index (χ2v) is 5.53. The van der Waals surface area contributed by atoms with Crippen molar-refractivity contribution in [3.63, 3.8) is 0 Å². The molecule has 2 aromatic carbocycles. The lowest BCUT2D eigenvalue weighted by Gasteiger charge is -2.17. The first-order valence-corrected chi connectivity index (χ1v) is 7.93. The number of hydrogen-bond acceptors (Lipinski definition) is 4. The fraction of sp³-hybridized carbons (Fsp3) is 0.167. The third-order valence-corrected chi connectivity index (χ3v) is 3.66. The van der Waals surface area contributed by atoms with Gasteiger partial charge in [-0.2, -0.15) is 15.0 Å². The van der Waals surface area contributed by atoms with Gasteiger partial charge in [0.15, 0.2) is 0 Å². The fourth-order valence-corrected chi connectivity index (χ4v) is 2.44. The molecule has 128 valence electrons. The smallest absolute Gasteiger partial charge is 0.319 e. The molecule has 2 amide bonds. The van der Waals surface area contributed by atoms with Crippen molar-refractivity contribution in [1.82, 2.24) is 20.3 Å². The summed E-state index contributed by atoms with van der Waals surface area (Å²) < 4.78 is 0. The molecule has 1 heterocycles. The van der Waals surface area contributed by atoms with Gasteiger partial charge in [0.25, 0.3) is 0 Å². The van der Waals surface area contributed by atoms with E-state index in [0.717, 1.165) is 11.3 Å². The van der Waals surface area contributed by atoms with Gasteiger partial charge >= 0.3 is 6.03 Å². The quantitative estimate of drug-likeness (QED) is 0.641. The van der Waals surface area contributed by atoms with Crippen molar-refractivity contribution in [2.45, 2.75) is 12.5 Å². The van der Waals surface area contributed by atoms with Crippen LogP contribution in [-0.2, 0) is 6.42 Å². The summed E-state index contributed by atoms with van der Waals surface area (Å²) in [4.78, 5) is 13.6. The number of aliphatic hydroxyl groups excluding tert-OH is 1. The first kappa shape index (κ1) is 16.7. The third-order valence-electron chi connectivity index (χ3n) is 3.66. The van der Waals surface area contributed by atoms with Gasteiger partial charge in [-0.15, -0.1) is 0 Å². The highest BCUT2D eigenvalue weighted by Gasteiger charge is 2.12. The molecule has 0 aliphatic carbocycles. The maximum atomic E-state index is 12.1. The summed E-state index contributed by atoms with van der Waals surface area (Å²) in [5.41, 5.74) is 2.50. The second-order valence-electron chi connectivity index (χ2n) is 5.53. The number of urea groups is 1. The van der Waals surface area contributed by atoms with Crippen molar-refractivity contribution in [2.75, 3.05) is 11.9 Å². The van der Waals surface area contributed by atoms with Crippen LogP contribution >= 0.6 is 0 Å². The molecule has 0 unspecified atom stereocenters. The first-order chi connectivity index (χ1) is 12.2. The van der Waals surface area contributed by atoms with Gasteiger partial charge in [0, 0.05) is 5.69 Å². The Morgan fingerprint density at radius 2 is 1.72 bits per heavy atom. The summed E-state index contributed by atoms with van der Waals surface area (Å²) >= 11 is 0. The van der Waals surface area contributed by atoms with E-state index in [1.165, 1.54) is 4.80 Å². The van der Waals surface area contributed by atoms with E-state index in [2.05, 4.69) is 20.8 Å². The minimum Gasteiger partial charge on any atom is -0.394 e. The van der Waals surface area contributed by atoms with Gasteiger partial charge < -0.3 is 15.7 Å². The minimum absolute atomic E-state index is 0.133. The molecule has 0 aliphatic rings. The summed E-state index contributed by atoms with van der Waals surface area (Å²) in [6.45, 7) is -0.133. The average Bonchev–Trinajstić information content (AvgIpc) is 3.17. The highest BCUT2D eigenvalue weighted by atomic mass is 16.3.